The van der Waals surface area contributed by atoms with Crippen molar-refractivity contribution in [1.82, 2.24) is 15.3 Å². The largest absolute Gasteiger partial charge is 0.356 e. The van der Waals surface area contributed by atoms with Crippen molar-refractivity contribution < 1.29 is 4.79 Å². The zero-order valence-corrected chi connectivity index (χ0v) is 13.3. The van der Waals surface area contributed by atoms with Crippen molar-refractivity contribution in [2.24, 2.45) is 0 Å². The van der Waals surface area contributed by atoms with Crippen molar-refractivity contribution in [3.8, 4) is 11.4 Å². The molecule has 0 bridgehead atoms. The van der Waals surface area contributed by atoms with Gasteiger partial charge in [-0.2, -0.15) is 0 Å². The molecule has 0 saturated carbocycles. The first-order valence-corrected chi connectivity index (χ1v) is 7.78. The second kappa shape index (κ2) is 6.33. The summed E-state index contributed by atoms with van der Waals surface area (Å²) in [6.45, 7) is 6.58. The van der Waals surface area contributed by atoms with E-state index in [-0.39, 0.29) is 5.78 Å². The second-order valence-corrected chi connectivity index (χ2v) is 5.81. The summed E-state index contributed by atoms with van der Waals surface area (Å²) < 4.78 is 0. The van der Waals surface area contributed by atoms with E-state index in [4.69, 9.17) is 0 Å². The number of likely N-dealkylation sites (N-methyl/N-ethyl adjacent to an activating group) is 1. The molecule has 2 N–H and O–H groups in total. The van der Waals surface area contributed by atoms with Gasteiger partial charge in [-0.15, -0.1) is 11.3 Å². The van der Waals surface area contributed by atoms with Crippen LogP contribution in [0.4, 0.5) is 0 Å². The van der Waals surface area contributed by atoms with E-state index in [9.17, 15) is 4.79 Å². The number of ketones is 1. The highest BCUT2D eigenvalue weighted by atomic mass is 32.1. The third-order valence-corrected chi connectivity index (χ3v) is 4.30. The van der Waals surface area contributed by atoms with Crippen molar-refractivity contribution in [2.45, 2.75) is 33.6 Å². The van der Waals surface area contributed by atoms with Crippen LogP contribution < -0.4 is 5.32 Å². The Labute approximate surface area is 123 Å². The number of carbonyl (C=O) groups is 1. The lowest BCUT2D eigenvalue weighted by molar-refractivity contribution is 0.101. The molecule has 4 nitrogen and oxygen atoms in total. The van der Waals surface area contributed by atoms with E-state index in [1.807, 2.05) is 14.0 Å². The van der Waals surface area contributed by atoms with Gasteiger partial charge in [0.05, 0.1) is 16.4 Å². The van der Waals surface area contributed by atoms with Crippen LogP contribution in [-0.2, 0) is 12.8 Å². The average molecular weight is 291 g/mol. The van der Waals surface area contributed by atoms with Crippen LogP contribution in [0, 0.1) is 6.92 Å². The molecule has 0 saturated heterocycles. The Bertz CT molecular complexity index is 613. The zero-order valence-electron chi connectivity index (χ0n) is 12.5. The van der Waals surface area contributed by atoms with Crippen LogP contribution in [-0.4, -0.2) is 29.3 Å². The number of aromatic amines is 1. The molecular formula is C15H21N3OS. The molecule has 2 heterocycles. The Kier molecular flexibility index (Phi) is 4.73. The number of nitrogens with zero attached hydrogens (tertiary/aromatic N) is 1. The van der Waals surface area contributed by atoms with Gasteiger partial charge < -0.3 is 10.3 Å². The van der Waals surface area contributed by atoms with Crippen molar-refractivity contribution in [2.75, 3.05) is 13.6 Å². The number of carbonyl (C=O) groups excluding carboxylic acids is 1. The van der Waals surface area contributed by atoms with Crippen molar-refractivity contribution in [1.29, 1.82) is 0 Å². The van der Waals surface area contributed by atoms with E-state index in [1.54, 1.807) is 18.3 Å². The van der Waals surface area contributed by atoms with E-state index < -0.39 is 0 Å². The lowest BCUT2D eigenvalue weighted by Gasteiger charge is -2.01. The first kappa shape index (κ1) is 14.9. The van der Waals surface area contributed by atoms with Crippen LogP contribution >= 0.6 is 11.3 Å². The number of aromatic nitrogens is 2. The van der Waals surface area contributed by atoms with Gasteiger partial charge >= 0.3 is 0 Å². The van der Waals surface area contributed by atoms with Crippen LogP contribution in [0.1, 0.15) is 40.5 Å². The number of thiazole rings is 1. The first-order chi connectivity index (χ1) is 9.58. The maximum Gasteiger partial charge on any atom is 0.161 e. The third kappa shape index (κ3) is 2.83. The summed E-state index contributed by atoms with van der Waals surface area (Å²) in [6.07, 6.45) is 1.76. The molecule has 2 aromatic heterocycles. The summed E-state index contributed by atoms with van der Waals surface area (Å²) in [6, 6.07) is 0. The van der Waals surface area contributed by atoms with Gasteiger partial charge in [-0.05, 0) is 32.9 Å². The monoisotopic (exact) mass is 291 g/mol. The summed E-state index contributed by atoms with van der Waals surface area (Å²) in [5.74, 6) is 0.118. The van der Waals surface area contributed by atoms with Gasteiger partial charge in [0, 0.05) is 29.6 Å². The Hall–Kier alpha value is -1.46. The number of H-pyrrole nitrogens is 1. The van der Waals surface area contributed by atoms with Gasteiger partial charge in [0.25, 0.3) is 0 Å². The minimum absolute atomic E-state index is 0.118. The average Bonchev–Trinajstić information content (AvgIpc) is 2.99. The molecule has 0 radical (unpaired) electrons. The maximum absolute atomic E-state index is 11.8. The predicted molar refractivity (Wildman–Crippen MR) is 83.7 cm³/mol. The normalized spacial score (nSPS) is 11.0. The lowest BCUT2D eigenvalue weighted by Crippen LogP contribution is -2.09. The summed E-state index contributed by atoms with van der Waals surface area (Å²) >= 11 is 1.67. The Balaban J connectivity index is 2.40. The molecule has 0 amide bonds. The minimum Gasteiger partial charge on any atom is -0.356 e. The van der Waals surface area contributed by atoms with Crippen molar-refractivity contribution in [3.63, 3.8) is 0 Å². The summed E-state index contributed by atoms with van der Waals surface area (Å²) in [5, 5.41) is 6.32. The Morgan fingerprint density at radius 2 is 2.25 bits per heavy atom. The highest BCUT2D eigenvalue weighted by Crippen LogP contribution is 2.30. The fraction of sp³-hybridized carbons (Fsp3) is 0.467. The quantitative estimate of drug-likeness (QED) is 0.804. The molecule has 5 heteroatoms. The predicted octanol–water partition coefficient (Wildman–Crippen LogP) is 2.97. The van der Waals surface area contributed by atoms with Gasteiger partial charge in [0.15, 0.2) is 5.78 Å². The maximum atomic E-state index is 11.8. The Morgan fingerprint density at radius 3 is 2.85 bits per heavy atom. The molecule has 0 spiro atoms. The van der Waals surface area contributed by atoms with Gasteiger partial charge in [0.2, 0.25) is 0 Å². The van der Waals surface area contributed by atoms with Gasteiger partial charge in [-0.3, -0.25) is 4.79 Å². The fourth-order valence-electron chi connectivity index (χ4n) is 2.50. The molecule has 0 unspecified atom stereocenters. The SMILES string of the molecule is CCc1c(-c2csc(CCNC)n2)[nH]c(C)c1C(C)=O. The van der Waals surface area contributed by atoms with E-state index in [0.29, 0.717) is 0 Å². The van der Waals surface area contributed by atoms with E-state index in [0.717, 1.165) is 52.6 Å². The summed E-state index contributed by atoms with van der Waals surface area (Å²) in [7, 11) is 1.94. The molecule has 0 aromatic carbocycles. The Morgan fingerprint density at radius 1 is 1.50 bits per heavy atom. The topological polar surface area (TPSA) is 57.8 Å². The van der Waals surface area contributed by atoms with Crippen LogP contribution in [0.2, 0.25) is 0 Å². The fourth-order valence-corrected chi connectivity index (χ4v) is 3.29. The van der Waals surface area contributed by atoms with Gasteiger partial charge in [0.1, 0.15) is 0 Å². The molecule has 108 valence electrons. The molecule has 0 aliphatic rings. The zero-order chi connectivity index (χ0) is 14.7. The van der Waals surface area contributed by atoms with Crippen molar-refractivity contribution >= 4 is 17.1 Å². The molecule has 0 atom stereocenters. The number of hydrogen-bond acceptors (Lipinski definition) is 4. The first-order valence-electron chi connectivity index (χ1n) is 6.90. The van der Waals surface area contributed by atoms with Crippen LogP contribution in [0.25, 0.3) is 11.4 Å². The van der Waals surface area contributed by atoms with E-state index in [1.165, 1.54) is 0 Å². The molecule has 0 aliphatic carbocycles. The molecule has 0 aliphatic heterocycles. The van der Waals surface area contributed by atoms with Gasteiger partial charge in [-0.1, -0.05) is 6.92 Å². The molecule has 0 fully saturated rings. The molecular weight excluding hydrogens is 270 g/mol. The molecule has 20 heavy (non-hydrogen) atoms. The van der Waals surface area contributed by atoms with E-state index in [2.05, 4.69) is 27.6 Å². The third-order valence-electron chi connectivity index (χ3n) is 3.39. The molecule has 2 rings (SSSR count). The van der Waals surface area contributed by atoms with Crippen molar-refractivity contribution in [3.05, 3.63) is 27.2 Å². The molecule has 2 aromatic rings. The number of rotatable bonds is 6. The lowest BCUT2D eigenvalue weighted by atomic mass is 10.0. The van der Waals surface area contributed by atoms with Gasteiger partial charge in [-0.25, -0.2) is 4.98 Å². The van der Waals surface area contributed by atoms with E-state index >= 15 is 0 Å². The standard InChI is InChI=1S/C15H21N3OS/c1-5-11-14(10(3)19)9(2)17-15(11)12-8-20-13(18-12)6-7-16-4/h8,16-17H,5-7H2,1-4H3. The summed E-state index contributed by atoms with van der Waals surface area (Å²) in [5.41, 5.74) is 4.80. The number of aryl methyl sites for hydroxylation is 1. The second-order valence-electron chi connectivity index (χ2n) is 4.87. The van der Waals surface area contributed by atoms with Crippen LogP contribution in [0.5, 0.6) is 0 Å². The number of nitrogens with one attached hydrogen (secondary N) is 2. The number of hydrogen-bond donors (Lipinski definition) is 2. The summed E-state index contributed by atoms with van der Waals surface area (Å²) in [4.78, 5) is 19.8. The number of Topliss-reactive ketones (excluding diaryl/α,β-unsaturated/α-hetero) is 1. The minimum atomic E-state index is 0.118. The smallest absolute Gasteiger partial charge is 0.161 e. The van der Waals surface area contributed by atoms with Crippen LogP contribution in [0.15, 0.2) is 5.38 Å². The highest BCUT2D eigenvalue weighted by Gasteiger charge is 2.19. The highest BCUT2D eigenvalue weighted by molar-refractivity contribution is 7.09. The van der Waals surface area contributed by atoms with Crippen LogP contribution in [0.3, 0.4) is 0 Å².